The van der Waals surface area contributed by atoms with Crippen LogP contribution >= 0.6 is 0 Å². The highest BCUT2D eigenvalue weighted by Crippen LogP contribution is 2.16. The molecule has 0 aromatic heterocycles. The number of nitrogens with zero attached hydrogens (tertiary/aromatic N) is 2. The molecule has 300 valence electrons. The number of ether oxygens (including phenoxy) is 4. The van der Waals surface area contributed by atoms with Crippen molar-refractivity contribution in [3.63, 3.8) is 0 Å². The maximum atomic E-state index is 6.29. The molecule has 0 spiro atoms. The predicted molar refractivity (Wildman–Crippen MR) is 209 cm³/mol. The van der Waals surface area contributed by atoms with E-state index in [1.165, 1.54) is 167 Å². The standard InChI is InChI=1S/C42H86N2O6/c1-3-5-7-9-11-13-15-17-19-21-23-25-27-29-31-43-44(32-30-28-26-24-22-20-18-16-14-12-10-8-6-4-2)50-42-40-48-38-36-46-34-33-45-35-37-47-39-41-49-43/h3-42H2,1-2H3. The van der Waals surface area contributed by atoms with E-state index in [1.54, 1.807) is 0 Å². The van der Waals surface area contributed by atoms with Gasteiger partial charge in [0, 0.05) is 13.1 Å². The van der Waals surface area contributed by atoms with Crippen LogP contribution in [0.4, 0.5) is 0 Å². The van der Waals surface area contributed by atoms with Gasteiger partial charge < -0.3 is 18.9 Å². The van der Waals surface area contributed by atoms with Crippen molar-refractivity contribution >= 4 is 0 Å². The lowest BCUT2D eigenvalue weighted by Crippen LogP contribution is -2.45. The first-order valence-electron chi connectivity index (χ1n) is 22.0. The minimum absolute atomic E-state index is 0.497. The van der Waals surface area contributed by atoms with Gasteiger partial charge in [-0.25, -0.2) is 0 Å². The van der Waals surface area contributed by atoms with Crippen LogP contribution in [0.25, 0.3) is 0 Å². The van der Waals surface area contributed by atoms with Gasteiger partial charge in [0.1, 0.15) is 0 Å². The van der Waals surface area contributed by atoms with Crippen LogP contribution in [0.1, 0.15) is 194 Å². The normalized spacial score (nSPS) is 17.2. The van der Waals surface area contributed by atoms with Crippen LogP contribution in [0.5, 0.6) is 0 Å². The Kier molecular flexibility index (Phi) is 39.5. The Bertz CT molecular complexity index is 579. The van der Waals surface area contributed by atoms with Crippen LogP contribution < -0.4 is 0 Å². The van der Waals surface area contributed by atoms with Crippen LogP contribution in [0.3, 0.4) is 0 Å². The Hall–Kier alpha value is -0.320. The summed E-state index contributed by atoms with van der Waals surface area (Å²) < 4.78 is 22.8. The fraction of sp³-hybridized carbons (Fsp3) is 1.00. The summed E-state index contributed by atoms with van der Waals surface area (Å²) in [5.41, 5.74) is 0. The van der Waals surface area contributed by atoms with Crippen LogP contribution in [0.15, 0.2) is 0 Å². The summed E-state index contributed by atoms with van der Waals surface area (Å²) in [5, 5.41) is 3.93. The first kappa shape index (κ1) is 47.7. The smallest absolute Gasteiger partial charge is 0.0936 e. The second kappa shape index (κ2) is 41.4. The maximum Gasteiger partial charge on any atom is 0.0936 e. The number of hydroxylamine groups is 2. The molecule has 0 saturated carbocycles. The monoisotopic (exact) mass is 715 g/mol. The predicted octanol–water partition coefficient (Wildman–Crippen LogP) is 11.4. The highest BCUT2D eigenvalue weighted by molar-refractivity contribution is 4.53. The van der Waals surface area contributed by atoms with Gasteiger partial charge in [-0.15, -0.1) is 0 Å². The van der Waals surface area contributed by atoms with Gasteiger partial charge >= 0.3 is 0 Å². The van der Waals surface area contributed by atoms with E-state index >= 15 is 0 Å². The zero-order valence-corrected chi connectivity index (χ0v) is 33.6. The number of rotatable bonds is 30. The Morgan fingerprint density at radius 1 is 0.260 bits per heavy atom. The lowest BCUT2D eigenvalue weighted by molar-refractivity contribution is -0.409. The van der Waals surface area contributed by atoms with Crippen LogP contribution in [0.2, 0.25) is 0 Å². The Morgan fingerprint density at radius 2 is 0.460 bits per heavy atom. The molecule has 1 saturated heterocycles. The van der Waals surface area contributed by atoms with E-state index < -0.39 is 0 Å². The van der Waals surface area contributed by atoms with Gasteiger partial charge in [0.05, 0.1) is 66.1 Å². The molecule has 1 aliphatic heterocycles. The van der Waals surface area contributed by atoms with Gasteiger partial charge in [-0.05, 0) is 12.8 Å². The van der Waals surface area contributed by atoms with Crippen LogP contribution in [-0.4, -0.2) is 89.5 Å². The van der Waals surface area contributed by atoms with Gasteiger partial charge in [0.2, 0.25) is 0 Å². The number of hydrogen-bond acceptors (Lipinski definition) is 8. The molecule has 0 aromatic carbocycles. The fourth-order valence-electron chi connectivity index (χ4n) is 6.53. The third-order valence-corrected chi connectivity index (χ3v) is 9.71. The molecule has 0 unspecified atom stereocenters. The highest BCUT2D eigenvalue weighted by Gasteiger charge is 2.17. The molecular formula is C42H86N2O6. The SMILES string of the molecule is CCCCCCCCCCCCCCCCN1OCCOCCOCCOCCOCCON1CCCCCCCCCCCCCCCC. The van der Waals surface area contributed by atoms with Crippen molar-refractivity contribution in [1.29, 1.82) is 0 Å². The second-order valence-corrected chi connectivity index (χ2v) is 14.5. The molecule has 0 N–H and O–H groups in total. The number of hydrogen-bond donors (Lipinski definition) is 0. The zero-order chi connectivity index (χ0) is 35.7. The average molecular weight is 715 g/mol. The van der Waals surface area contributed by atoms with Crippen molar-refractivity contribution < 1.29 is 28.6 Å². The van der Waals surface area contributed by atoms with Gasteiger partial charge in [0.25, 0.3) is 0 Å². The minimum Gasteiger partial charge on any atom is -0.377 e. The van der Waals surface area contributed by atoms with E-state index in [0.717, 1.165) is 25.9 Å². The minimum atomic E-state index is 0.497. The summed E-state index contributed by atoms with van der Waals surface area (Å²) in [5.74, 6) is 0. The Morgan fingerprint density at radius 3 is 0.700 bits per heavy atom. The molecule has 8 heteroatoms. The molecule has 8 nitrogen and oxygen atoms in total. The topological polar surface area (TPSA) is 61.9 Å². The molecule has 1 heterocycles. The number of unbranched alkanes of at least 4 members (excludes halogenated alkanes) is 26. The molecule has 0 radical (unpaired) electrons. The van der Waals surface area contributed by atoms with Gasteiger partial charge in [-0.3, -0.25) is 9.68 Å². The lowest BCUT2D eigenvalue weighted by atomic mass is 10.0. The molecule has 0 amide bonds. The van der Waals surface area contributed by atoms with Crippen molar-refractivity contribution in [2.45, 2.75) is 194 Å². The largest absolute Gasteiger partial charge is 0.377 e. The third kappa shape index (κ3) is 34.7. The quantitative estimate of drug-likeness (QED) is 0.0682. The van der Waals surface area contributed by atoms with Crippen LogP contribution in [-0.2, 0) is 28.6 Å². The lowest BCUT2D eigenvalue weighted by Gasteiger charge is -2.33. The van der Waals surface area contributed by atoms with E-state index in [4.69, 9.17) is 28.6 Å². The first-order valence-corrected chi connectivity index (χ1v) is 22.0. The molecular weight excluding hydrogens is 628 g/mol. The highest BCUT2D eigenvalue weighted by atomic mass is 16.8. The average Bonchev–Trinajstić information content (AvgIpc) is 3.13. The molecule has 0 aliphatic carbocycles. The fourth-order valence-corrected chi connectivity index (χ4v) is 6.53. The molecule has 0 aromatic rings. The third-order valence-electron chi connectivity index (χ3n) is 9.71. The maximum absolute atomic E-state index is 6.29. The molecule has 1 fully saturated rings. The first-order chi connectivity index (χ1) is 24.9. The summed E-state index contributed by atoms with van der Waals surface area (Å²) in [6.07, 6.45) is 38.0. The van der Waals surface area contributed by atoms with Crippen molar-refractivity contribution in [3.8, 4) is 0 Å². The molecule has 1 rings (SSSR count). The van der Waals surface area contributed by atoms with E-state index in [1.807, 2.05) is 10.3 Å². The summed E-state index contributed by atoms with van der Waals surface area (Å²) in [6.45, 7) is 11.7. The van der Waals surface area contributed by atoms with Crippen molar-refractivity contribution in [3.05, 3.63) is 0 Å². The van der Waals surface area contributed by atoms with Gasteiger partial charge in [-0.2, -0.15) is 0 Å². The summed E-state index contributed by atoms with van der Waals surface area (Å²) in [7, 11) is 0. The summed E-state index contributed by atoms with van der Waals surface area (Å²) in [4.78, 5) is 12.6. The van der Waals surface area contributed by atoms with E-state index in [9.17, 15) is 0 Å². The van der Waals surface area contributed by atoms with Crippen molar-refractivity contribution in [2.75, 3.05) is 79.2 Å². The molecule has 0 bridgehead atoms. The summed E-state index contributed by atoms with van der Waals surface area (Å²) in [6, 6.07) is 0. The molecule has 1 aliphatic rings. The number of hydrazine groups is 1. The van der Waals surface area contributed by atoms with Gasteiger partial charge in [-0.1, -0.05) is 191 Å². The van der Waals surface area contributed by atoms with Crippen LogP contribution in [0, 0.1) is 0 Å². The van der Waals surface area contributed by atoms with E-state index in [0.29, 0.717) is 66.1 Å². The van der Waals surface area contributed by atoms with Crippen molar-refractivity contribution in [1.82, 2.24) is 10.3 Å². The zero-order valence-electron chi connectivity index (χ0n) is 33.6. The molecule has 0 atom stereocenters. The van der Waals surface area contributed by atoms with Crippen molar-refractivity contribution in [2.24, 2.45) is 0 Å². The molecule has 50 heavy (non-hydrogen) atoms. The Labute approximate surface area is 311 Å². The van der Waals surface area contributed by atoms with Gasteiger partial charge in [0.15, 0.2) is 0 Å². The second-order valence-electron chi connectivity index (χ2n) is 14.5. The van der Waals surface area contributed by atoms with E-state index in [2.05, 4.69) is 13.8 Å². The van der Waals surface area contributed by atoms with E-state index in [-0.39, 0.29) is 0 Å². The Balaban J connectivity index is 2.38. The summed E-state index contributed by atoms with van der Waals surface area (Å²) >= 11 is 0.